The second-order valence-electron chi connectivity index (χ2n) is 4.97. The molecule has 0 radical (unpaired) electrons. The van der Waals surface area contributed by atoms with Crippen LogP contribution < -0.4 is 10.1 Å². The van der Waals surface area contributed by atoms with Crippen molar-refractivity contribution in [3.63, 3.8) is 0 Å². The number of hydrogen-bond acceptors (Lipinski definition) is 4. The fourth-order valence-electron chi connectivity index (χ4n) is 1.65. The van der Waals surface area contributed by atoms with Gasteiger partial charge in [0.15, 0.2) is 0 Å². The second kappa shape index (κ2) is 5.45. The van der Waals surface area contributed by atoms with E-state index in [0.29, 0.717) is 18.2 Å². The van der Waals surface area contributed by atoms with E-state index in [0.717, 1.165) is 30.6 Å². The highest BCUT2D eigenvalue weighted by molar-refractivity contribution is 5.17. The van der Waals surface area contributed by atoms with Crippen molar-refractivity contribution in [1.82, 2.24) is 15.3 Å². The van der Waals surface area contributed by atoms with Crippen LogP contribution >= 0.6 is 0 Å². The number of rotatable bonds is 5. The molecule has 1 aliphatic carbocycles. The van der Waals surface area contributed by atoms with Crippen molar-refractivity contribution in [3.8, 4) is 6.01 Å². The fourth-order valence-corrected chi connectivity index (χ4v) is 1.65. The lowest BCUT2D eigenvalue weighted by Crippen LogP contribution is -2.26. The molecular formula is C13H21N3O. The van der Waals surface area contributed by atoms with Crippen molar-refractivity contribution < 1.29 is 4.74 Å². The van der Waals surface area contributed by atoms with Crippen molar-refractivity contribution in [2.45, 2.75) is 58.7 Å². The minimum absolute atomic E-state index is 0.342. The quantitative estimate of drug-likeness (QED) is 0.850. The highest BCUT2D eigenvalue weighted by atomic mass is 16.5. The highest BCUT2D eigenvalue weighted by Crippen LogP contribution is 2.23. The van der Waals surface area contributed by atoms with Gasteiger partial charge < -0.3 is 10.1 Å². The first-order valence-corrected chi connectivity index (χ1v) is 6.37. The van der Waals surface area contributed by atoms with Gasteiger partial charge in [0.1, 0.15) is 6.10 Å². The topological polar surface area (TPSA) is 47.0 Å². The van der Waals surface area contributed by atoms with Crippen LogP contribution in [-0.2, 0) is 6.54 Å². The Kier molecular flexibility index (Phi) is 3.94. The van der Waals surface area contributed by atoms with Crippen molar-refractivity contribution >= 4 is 0 Å². The molecule has 4 nitrogen and oxygen atoms in total. The largest absolute Gasteiger partial charge is 0.460 e. The summed E-state index contributed by atoms with van der Waals surface area (Å²) in [5.41, 5.74) is 2.14. The molecule has 4 heteroatoms. The number of aromatic nitrogens is 2. The molecule has 1 N–H and O–H groups in total. The van der Waals surface area contributed by atoms with Crippen molar-refractivity contribution in [2.75, 3.05) is 0 Å². The first-order valence-electron chi connectivity index (χ1n) is 6.37. The number of aryl methyl sites for hydroxylation is 1. The zero-order chi connectivity index (χ0) is 12.3. The molecule has 0 unspecified atom stereocenters. The van der Waals surface area contributed by atoms with Crippen molar-refractivity contribution in [1.29, 1.82) is 0 Å². The Bertz CT molecular complexity index is 375. The zero-order valence-electron chi connectivity index (χ0n) is 10.9. The fraction of sp³-hybridized carbons (Fsp3) is 0.692. The maximum Gasteiger partial charge on any atom is 0.316 e. The van der Waals surface area contributed by atoms with E-state index >= 15 is 0 Å². The van der Waals surface area contributed by atoms with Crippen LogP contribution in [-0.4, -0.2) is 22.1 Å². The van der Waals surface area contributed by atoms with Crippen LogP contribution in [0.25, 0.3) is 0 Å². The molecule has 0 atom stereocenters. The summed E-state index contributed by atoms with van der Waals surface area (Å²) in [6.45, 7) is 7.08. The summed E-state index contributed by atoms with van der Waals surface area (Å²) < 4.78 is 5.67. The first-order chi connectivity index (χ1) is 8.15. The molecule has 0 spiro atoms. The SMILES string of the molecule is Cc1nc(OC2CCC2)ncc1CNC(C)C. The van der Waals surface area contributed by atoms with E-state index in [2.05, 4.69) is 29.1 Å². The Morgan fingerprint density at radius 1 is 1.47 bits per heavy atom. The van der Waals surface area contributed by atoms with Gasteiger partial charge in [-0.3, -0.25) is 0 Å². The Labute approximate surface area is 103 Å². The molecule has 1 aromatic heterocycles. The molecular weight excluding hydrogens is 214 g/mol. The monoisotopic (exact) mass is 235 g/mol. The number of nitrogens with zero attached hydrogens (tertiary/aromatic N) is 2. The Morgan fingerprint density at radius 2 is 2.24 bits per heavy atom. The summed E-state index contributed by atoms with van der Waals surface area (Å²) in [5.74, 6) is 0. The van der Waals surface area contributed by atoms with Gasteiger partial charge in [-0.05, 0) is 26.2 Å². The van der Waals surface area contributed by atoms with Crippen LogP contribution in [0.2, 0.25) is 0 Å². The van der Waals surface area contributed by atoms with Crippen LogP contribution in [0.3, 0.4) is 0 Å². The molecule has 1 aromatic rings. The average molecular weight is 235 g/mol. The summed E-state index contributed by atoms with van der Waals surface area (Å²) in [6.07, 6.45) is 5.75. The van der Waals surface area contributed by atoms with E-state index in [9.17, 15) is 0 Å². The van der Waals surface area contributed by atoms with Gasteiger partial charge in [-0.1, -0.05) is 13.8 Å². The molecule has 1 aliphatic rings. The molecule has 0 saturated heterocycles. The average Bonchev–Trinajstić information content (AvgIpc) is 2.22. The number of ether oxygens (including phenoxy) is 1. The first kappa shape index (κ1) is 12.3. The van der Waals surface area contributed by atoms with Gasteiger partial charge in [-0.2, -0.15) is 0 Å². The Balaban J connectivity index is 1.95. The third kappa shape index (κ3) is 3.40. The molecule has 0 aliphatic heterocycles. The van der Waals surface area contributed by atoms with Gasteiger partial charge in [0.05, 0.1) is 0 Å². The standard InChI is InChI=1S/C13H21N3O/c1-9(2)14-7-11-8-15-13(16-10(11)3)17-12-5-4-6-12/h8-9,12,14H,4-7H2,1-3H3. The van der Waals surface area contributed by atoms with Crippen LogP contribution in [0.4, 0.5) is 0 Å². The summed E-state index contributed by atoms with van der Waals surface area (Å²) in [6, 6.07) is 1.00. The molecule has 0 amide bonds. The van der Waals surface area contributed by atoms with Crippen LogP contribution in [0.5, 0.6) is 6.01 Å². The lowest BCUT2D eigenvalue weighted by molar-refractivity contribution is 0.108. The summed E-state index contributed by atoms with van der Waals surface area (Å²) >= 11 is 0. The summed E-state index contributed by atoms with van der Waals surface area (Å²) in [7, 11) is 0. The number of hydrogen-bond donors (Lipinski definition) is 1. The van der Waals surface area contributed by atoms with Gasteiger partial charge in [-0.25, -0.2) is 9.97 Å². The predicted octanol–water partition coefficient (Wildman–Crippen LogP) is 2.21. The van der Waals surface area contributed by atoms with Crippen molar-refractivity contribution in [2.24, 2.45) is 0 Å². The van der Waals surface area contributed by atoms with Gasteiger partial charge in [0.2, 0.25) is 0 Å². The van der Waals surface area contributed by atoms with Crippen LogP contribution in [0.15, 0.2) is 6.20 Å². The normalized spacial score (nSPS) is 16.0. The van der Waals surface area contributed by atoms with E-state index in [1.165, 1.54) is 6.42 Å². The van der Waals surface area contributed by atoms with Gasteiger partial charge >= 0.3 is 6.01 Å². The summed E-state index contributed by atoms with van der Waals surface area (Å²) in [4.78, 5) is 8.67. The van der Waals surface area contributed by atoms with Crippen LogP contribution in [0, 0.1) is 6.92 Å². The Hall–Kier alpha value is -1.16. The van der Waals surface area contributed by atoms with E-state index in [1.54, 1.807) is 0 Å². The second-order valence-corrected chi connectivity index (χ2v) is 4.97. The molecule has 1 saturated carbocycles. The molecule has 1 fully saturated rings. The van der Waals surface area contributed by atoms with E-state index in [1.807, 2.05) is 13.1 Å². The third-order valence-corrected chi connectivity index (χ3v) is 3.08. The smallest absolute Gasteiger partial charge is 0.316 e. The van der Waals surface area contributed by atoms with E-state index in [-0.39, 0.29) is 0 Å². The molecule has 1 heterocycles. The zero-order valence-corrected chi connectivity index (χ0v) is 10.9. The third-order valence-electron chi connectivity index (χ3n) is 3.08. The minimum atomic E-state index is 0.342. The van der Waals surface area contributed by atoms with E-state index in [4.69, 9.17) is 4.74 Å². The van der Waals surface area contributed by atoms with Gasteiger partial charge in [0.25, 0.3) is 0 Å². The Morgan fingerprint density at radius 3 is 2.76 bits per heavy atom. The van der Waals surface area contributed by atoms with Gasteiger partial charge in [-0.15, -0.1) is 0 Å². The lowest BCUT2D eigenvalue weighted by Gasteiger charge is -2.25. The lowest BCUT2D eigenvalue weighted by atomic mass is 9.96. The predicted molar refractivity (Wildman–Crippen MR) is 67.0 cm³/mol. The van der Waals surface area contributed by atoms with Crippen LogP contribution in [0.1, 0.15) is 44.4 Å². The maximum atomic E-state index is 5.67. The maximum absolute atomic E-state index is 5.67. The molecule has 17 heavy (non-hydrogen) atoms. The summed E-state index contributed by atoms with van der Waals surface area (Å²) in [5, 5.41) is 3.36. The minimum Gasteiger partial charge on any atom is -0.460 e. The highest BCUT2D eigenvalue weighted by Gasteiger charge is 2.20. The number of nitrogens with one attached hydrogen (secondary N) is 1. The van der Waals surface area contributed by atoms with Crippen molar-refractivity contribution in [3.05, 3.63) is 17.5 Å². The van der Waals surface area contributed by atoms with Gasteiger partial charge in [0, 0.05) is 30.0 Å². The molecule has 0 aromatic carbocycles. The van der Waals surface area contributed by atoms with E-state index < -0.39 is 0 Å². The molecule has 94 valence electrons. The molecule has 2 rings (SSSR count). The molecule has 0 bridgehead atoms.